The van der Waals surface area contributed by atoms with Crippen LogP contribution in [0.1, 0.15) is 31.5 Å². The van der Waals surface area contributed by atoms with Crippen molar-refractivity contribution in [2.24, 2.45) is 10.9 Å². The van der Waals surface area contributed by atoms with Crippen LogP contribution in [0.4, 0.5) is 0 Å². The Morgan fingerprint density at radius 2 is 2.26 bits per heavy atom. The smallest absolute Gasteiger partial charge is 0.191 e. The highest BCUT2D eigenvalue weighted by Crippen LogP contribution is 2.13. The standard InChI is InChI=1S/C16H26N6S/c1-4-17-16(19-11-15-21-20-12-22(15)5-2)18-10-13(3)9-14-7-6-8-23-14/h6-8,12-13H,4-5,9-11H2,1-3H3,(H2,17,18,19). The van der Waals surface area contributed by atoms with Gasteiger partial charge in [0.05, 0.1) is 0 Å². The minimum absolute atomic E-state index is 0.530. The second-order valence-corrected chi connectivity index (χ2v) is 6.53. The van der Waals surface area contributed by atoms with Gasteiger partial charge < -0.3 is 15.2 Å². The van der Waals surface area contributed by atoms with Crippen molar-refractivity contribution in [3.05, 3.63) is 34.5 Å². The van der Waals surface area contributed by atoms with E-state index in [-0.39, 0.29) is 0 Å². The maximum absolute atomic E-state index is 4.61. The Labute approximate surface area is 142 Å². The lowest BCUT2D eigenvalue weighted by molar-refractivity contribution is 0.561. The molecule has 0 radical (unpaired) electrons. The molecule has 0 aliphatic heterocycles. The van der Waals surface area contributed by atoms with Gasteiger partial charge in [0, 0.05) is 24.5 Å². The molecule has 126 valence electrons. The average Bonchev–Trinajstić information content (AvgIpc) is 3.21. The van der Waals surface area contributed by atoms with Gasteiger partial charge >= 0.3 is 0 Å². The van der Waals surface area contributed by atoms with Crippen LogP contribution in [-0.4, -0.2) is 33.8 Å². The molecule has 0 aliphatic carbocycles. The number of aliphatic imine (C=N–C) groups is 1. The number of rotatable bonds is 8. The summed E-state index contributed by atoms with van der Waals surface area (Å²) < 4.78 is 2.01. The summed E-state index contributed by atoms with van der Waals surface area (Å²) in [6.45, 7) is 9.52. The van der Waals surface area contributed by atoms with Crippen molar-refractivity contribution in [3.8, 4) is 0 Å². The van der Waals surface area contributed by atoms with E-state index in [1.807, 2.05) is 15.9 Å². The van der Waals surface area contributed by atoms with Gasteiger partial charge in [-0.1, -0.05) is 13.0 Å². The number of thiophene rings is 1. The quantitative estimate of drug-likeness (QED) is 0.574. The van der Waals surface area contributed by atoms with Crippen molar-refractivity contribution in [2.45, 2.75) is 40.3 Å². The molecule has 0 spiro atoms. The molecule has 2 N–H and O–H groups in total. The first-order valence-corrected chi connectivity index (χ1v) is 9.02. The van der Waals surface area contributed by atoms with Gasteiger partial charge in [0.1, 0.15) is 12.9 Å². The summed E-state index contributed by atoms with van der Waals surface area (Å²) in [5.74, 6) is 2.27. The topological polar surface area (TPSA) is 67.1 Å². The Morgan fingerprint density at radius 3 is 2.96 bits per heavy atom. The lowest BCUT2D eigenvalue weighted by Crippen LogP contribution is -2.39. The third kappa shape index (κ3) is 5.67. The maximum atomic E-state index is 4.61. The Balaban J connectivity index is 1.86. The first-order chi connectivity index (χ1) is 11.2. The Bertz CT molecular complexity index is 589. The van der Waals surface area contributed by atoms with Gasteiger partial charge in [-0.2, -0.15) is 0 Å². The molecule has 0 bridgehead atoms. The van der Waals surface area contributed by atoms with Crippen molar-refractivity contribution in [3.63, 3.8) is 0 Å². The maximum Gasteiger partial charge on any atom is 0.191 e. The number of guanidine groups is 1. The number of aryl methyl sites for hydroxylation is 1. The number of hydrogen-bond donors (Lipinski definition) is 2. The highest BCUT2D eigenvalue weighted by atomic mass is 32.1. The molecule has 23 heavy (non-hydrogen) atoms. The molecule has 0 fully saturated rings. The summed E-state index contributed by atoms with van der Waals surface area (Å²) in [6.07, 6.45) is 2.84. The highest BCUT2D eigenvalue weighted by Gasteiger charge is 2.07. The van der Waals surface area contributed by atoms with E-state index < -0.39 is 0 Å². The molecule has 2 aromatic heterocycles. The molecule has 6 nitrogen and oxygen atoms in total. The van der Waals surface area contributed by atoms with Gasteiger partial charge in [-0.05, 0) is 37.6 Å². The number of nitrogens with zero attached hydrogens (tertiary/aromatic N) is 4. The van der Waals surface area contributed by atoms with Crippen molar-refractivity contribution >= 4 is 17.3 Å². The molecule has 2 aromatic rings. The Morgan fingerprint density at radius 1 is 1.39 bits per heavy atom. The van der Waals surface area contributed by atoms with Gasteiger partial charge in [0.2, 0.25) is 0 Å². The SMILES string of the molecule is CCNC(=NCc1nncn1CC)NCC(C)Cc1cccs1. The molecule has 7 heteroatoms. The van der Waals surface area contributed by atoms with E-state index in [0.717, 1.165) is 37.8 Å². The fraction of sp³-hybridized carbons (Fsp3) is 0.562. The van der Waals surface area contributed by atoms with E-state index in [4.69, 9.17) is 0 Å². The van der Waals surface area contributed by atoms with Crippen LogP contribution in [0.5, 0.6) is 0 Å². The summed E-state index contributed by atoms with van der Waals surface area (Å²) in [7, 11) is 0. The molecule has 1 atom stereocenters. The van der Waals surface area contributed by atoms with Crippen LogP contribution in [0.3, 0.4) is 0 Å². The van der Waals surface area contributed by atoms with Crippen LogP contribution in [0, 0.1) is 5.92 Å². The summed E-state index contributed by atoms with van der Waals surface area (Å²) in [5, 5.41) is 16.9. The van der Waals surface area contributed by atoms with E-state index >= 15 is 0 Å². The molecule has 0 aromatic carbocycles. The third-order valence-electron chi connectivity index (χ3n) is 3.51. The first-order valence-electron chi connectivity index (χ1n) is 8.14. The van der Waals surface area contributed by atoms with Crippen LogP contribution in [-0.2, 0) is 19.5 Å². The van der Waals surface area contributed by atoms with Crippen molar-refractivity contribution in [1.82, 2.24) is 25.4 Å². The van der Waals surface area contributed by atoms with Crippen LogP contribution in [0.15, 0.2) is 28.8 Å². The normalized spacial score (nSPS) is 13.1. The molecule has 2 heterocycles. The lowest BCUT2D eigenvalue weighted by atomic mass is 10.1. The van der Waals surface area contributed by atoms with Gasteiger partial charge in [-0.25, -0.2) is 4.99 Å². The summed E-state index contributed by atoms with van der Waals surface area (Å²) in [6, 6.07) is 4.30. The minimum Gasteiger partial charge on any atom is -0.357 e. The van der Waals surface area contributed by atoms with E-state index in [2.05, 4.69) is 64.1 Å². The number of nitrogens with one attached hydrogen (secondary N) is 2. The van der Waals surface area contributed by atoms with Crippen LogP contribution in [0.2, 0.25) is 0 Å². The van der Waals surface area contributed by atoms with E-state index in [0.29, 0.717) is 12.5 Å². The average molecular weight is 334 g/mol. The van der Waals surface area contributed by atoms with Crippen LogP contribution in [0.25, 0.3) is 0 Å². The predicted octanol–water partition coefficient (Wildman–Crippen LogP) is 2.29. The largest absolute Gasteiger partial charge is 0.357 e. The molecule has 1 unspecified atom stereocenters. The fourth-order valence-corrected chi connectivity index (χ4v) is 3.14. The first kappa shape index (κ1) is 17.5. The van der Waals surface area contributed by atoms with Crippen molar-refractivity contribution in [1.29, 1.82) is 0 Å². The van der Waals surface area contributed by atoms with Gasteiger partial charge in [-0.15, -0.1) is 21.5 Å². The second-order valence-electron chi connectivity index (χ2n) is 5.50. The molecule has 0 saturated heterocycles. The summed E-state index contributed by atoms with van der Waals surface area (Å²) in [4.78, 5) is 6.04. The third-order valence-corrected chi connectivity index (χ3v) is 4.41. The molecular formula is C16H26N6S. The van der Waals surface area contributed by atoms with Gasteiger partial charge in [0.25, 0.3) is 0 Å². The zero-order valence-electron chi connectivity index (χ0n) is 14.1. The minimum atomic E-state index is 0.530. The Hall–Kier alpha value is -1.89. The summed E-state index contributed by atoms with van der Waals surface area (Å²) >= 11 is 1.82. The zero-order chi connectivity index (χ0) is 16.5. The molecule has 0 amide bonds. The monoisotopic (exact) mass is 334 g/mol. The fourth-order valence-electron chi connectivity index (χ4n) is 2.27. The van der Waals surface area contributed by atoms with Gasteiger partial charge in [0.15, 0.2) is 11.8 Å². The van der Waals surface area contributed by atoms with Crippen molar-refractivity contribution < 1.29 is 0 Å². The second kappa shape index (κ2) is 9.29. The lowest BCUT2D eigenvalue weighted by Gasteiger charge is -2.15. The van der Waals surface area contributed by atoms with E-state index in [1.54, 1.807) is 6.33 Å². The number of aromatic nitrogens is 3. The molecule has 2 rings (SSSR count). The van der Waals surface area contributed by atoms with Crippen molar-refractivity contribution in [2.75, 3.05) is 13.1 Å². The zero-order valence-corrected chi connectivity index (χ0v) is 14.9. The molecular weight excluding hydrogens is 308 g/mol. The van der Waals surface area contributed by atoms with Gasteiger partial charge in [-0.3, -0.25) is 0 Å². The predicted molar refractivity (Wildman–Crippen MR) is 95.7 cm³/mol. The summed E-state index contributed by atoms with van der Waals surface area (Å²) in [5.41, 5.74) is 0. The van der Waals surface area contributed by atoms with E-state index in [1.165, 1.54) is 4.88 Å². The Kier molecular flexibility index (Phi) is 7.06. The van der Waals surface area contributed by atoms with E-state index in [9.17, 15) is 0 Å². The molecule has 0 saturated carbocycles. The number of hydrogen-bond acceptors (Lipinski definition) is 4. The van der Waals surface area contributed by atoms with Crippen LogP contribution >= 0.6 is 11.3 Å². The van der Waals surface area contributed by atoms with Crippen LogP contribution < -0.4 is 10.6 Å². The molecule has 0 aliphatic rings. The highest BCUT2D eigenvalue weighted by molar-refractivity contribution is 7.09.